The van der Waals surface area contributed by atoms with Crippen molar-refractivity contribution in [1.29, 1.82) is 0 Å². The summed E-state index contributed by atoms with van der Waals surface area (Å²) in [6, 6.07) is 8.05. The third-order valence-electron chi connectivity index (χ3n) is 5.97. The Bertz CT molecular complexity index is 1030. The number of halogens is 6. The Morgan fingerprint density at radius 1 is 0.921 bits per heavy atom. The standard InChI is InChI=1S/C19H23N3OS.2C2HF3O2/c23-18(17-4-2-12-24-17)22-10-6-19(7-11-22)5-9-21(15-19)14-16-3-1-8-20-13-16;2*3-2(4,5)1(6)7/h1-4,8,12-13H,5-7,9-11,14-15H2;2*(H,6,7). The lowest BCUT2D eigenvalue weighted by molar-refractivity contribution is -0.193. The number of hydrogen-bond donors (Lipinski definition) is 2. The molecule has 1 spiro atoms. The second-order valence-electron chi connectivity index (χ2n) is 8.70. The molecule has 0 aliphatic carbocycles. The highest BCUT2D eigenvalue weighted by atomic mass is 32.1. The van der Waals surface area contributed by atoms with Crippen molar-refractivity contribution in [2.24, 2.45) is 5.41 Å². The van der Waals surface area contributed by atoms with E-state index in [4.69, 9.17) is 19.8 Å². The number of rotatable bonds is 3. The second-order valence-corrected chi connectivity index (χ2v) is 9.64. The number of carbonyl (C=O) groups is 3. The summed E-state index contributed by atoms with van der Waals surface area (Å²) in [5, 5.41) is 16.2. The van der Waals surface area contributed by atoms with E-state index in [1.807, 2.05) is 40.9 Å². The highest BCUT2D eigenvalue weighted by Crippen LogP contribution is 2.41. The van der Waals surface area contributed by atoms with Crippen LogP contribution in [0.15, 0.2) is 42.0 Å². The van der Waals surface area contributed by atoms with Crippen LogP contribution < -0.4 is 0 Å². The van der Waals surface area contributed by atoms with Gasteiger partial charge in [0, 0.05) is 38.6 Å². The lowest BCUT2D eigenvalue weighted by Crippen LogP contribution is -2.44. The van der Waals surface area contributed by atoms with Gasteiger partial charge in [-0.05, 0) is 54.3 Å². The monoisotopic (exact) mass is 569 g/mol. The van der Waals surface area contributed by atoms with Crippen molar-refractivity contribution in [1.82, 2.24) is 14.8 Å². The molecule has 2 saturated heterocycles. The minimum absolute atomic E-state index is 0.213. The maximum atomic E-state index is 12.5. The molecule has 2 aromatic rings. The van der Waals surface area contributed by atoms with E-state index in [-0.39, 0.29) is 5.91 Å². The van der Waals surface area contributed by atoms with E-state index < -0.39 is 24.3 Å². The maximum absolute atomic E-state index is 12.5. The molecule has 0 saturated carbocycles. The lowest BCUT2D eigenvalue weighted by Gasteiger charge is -2.39. The predicted octanol–water partition coefficient (Wildman–Crippen LogP) is 4.54. The molecule has 0 aromatic carbocycles. The van der Waals surface area contributed by atoms with Gasteiger partial charge in [0.25, 0.3) is 5.91 Å². The largest absolute Gasteiger partial charge is 0.490 e. The molecule has 2 aromatic heterocycles. The molecule has 4 rings (SSSR count). The number of alkyl halides is 6. The molecule has 38 heavy (non-hydrogen) atoms. The van der Waals surface area contributed by atoms with Crippen LogP contribution in [-0.2, 0) is 16.1 Å². The van der Waals surface area contributed by atoms with Crippen molar-refractivity contribution in [2.75, 3.05) is 26.2 Å². The van der Waals surface area contributed by atoms with E-state index in [1.165, 1.54) is 12.0 Å². The van der Waals surface area contributed by atoms with Crippen LogP contribution in [0.1, 0.15) is 34.5 Å². The Balaban J connectivity index is 0.000000301. The number of likely N-dealkylation sites (tertiary alicyclic amines) is 2. The van der Waals surface area contributed by atoms with Gasteiger partial charge < -0.3 is 15.1 Å². The maximum Gasteiger partial charge on any atom is 0.490 e. The minimum atomic E-state index is -5.08. The van der Waals surface area contributed by atoms with Crippen molar-refractivity contribution in [2.45, 2.75) is 38.2 Å². The predicted molar refractivity (Wildman–Crippen MR) is 123 cm³/mol. The second kappa shape index (κ2) is 13.0. The topological polar surface area (TPSA) is 111 Å². The van der Waals surface area contributed by atoms with Crippen LogP contribution >= 0.6 is 11.3 Å². The summed E-state index contributed by atoms with van der Waals surface area (Å²) in [7, 11) is 0. The van der Waals surface area contributed by atoms with Crippen molar-refractivity contribution < 1.29 is 50.9 Å². The molecule has 8 nitrogen and oxygen atoms in total. The molecular formula is C23H25F6N3O5S. The number of aromatic nitrogens is 1. The summed E-state index contributed by atoms with van der Waals surface area (Å²) >= 11 is 1.54. The van der Waals surface area contributed by atoms with Gasteiger partial charge in [0.1, 0.15) is 0 Å². The molecule has 15 heteroatoms. The quantitative estimate of drug-likeness (QED) is 0.523. The van der Waals surface area contributed by atoms with Gasteiger partial charge in [-0.15, -0.1) is 11.3 Å². The molecule has 0 bridgehead atoms. The van der Waals surface area contributed by atoms with Crippen LogP contribution in [-0.4, -0.2) is 81.4 Å². The first kappa shape index (κ1) is 31.0. The molecule has 2 aliphatic heterocycles. The summed E-state index contributed by atoms with van der Waals surface area (Å²) in [5.74, 6) is -5.30. The zero-order valence-electron chi connectivity index (χ0n) is 19.8. The molecule has 2 fully saturated rings. The average Bonchev–Trinajstić information content (AvgIpc) is 3.50. The summed E-state index contributed by atoms with van der Waals surface area (Å²) < 4.78 is 63.5. The molecule has 2 aliphatic rings. The number of hydrogen-bond acceptors (Lipinski definition) is 6. The zero-order valence-corrected chi connectivity index (χ0v) is 20.7. The van der Waals surface area contributed by atoms with Gasteiger partial charge in [0.05, 0.1) is 4.88 Å². The van der Waals surface area contributed by atoms with Crippen LogP contribution in [0.2, 0.25) is 0 Å². The number of piperidine rings is 1. The number of carboxylic acid groups (broad SMARTS) is 2. The van der Waals surface area contributed by atoms with Crippen LogP contribution in [0.5, 0.6) is 0 Å². The van der Waals surface area contributed by atoms with Crippen molar-refractivity contribution in [3.05, 3.63) is 52.5 Å². The molecular weight excluding hydrogens is 544 g/mol. The Kier molecular flexibility index (Phi) is 10.6. The molecule has 0 atom stereocenters. The Morgan fingerprint density at radius 3 is 1.92 bits per heavy atom. The normalized spacial score (nSPS) is 17.2. The minimum Gasteiger partial charge on any atom is -0.475 e. The first-order valence-corrected chi connectivity index (χ1v) is 12.1. The number of pyridine rings is 1. The first-order chi connectivity index (χ1) is 17.6. The van der Waals surface area contributed by atoms with Crippen LogP contribution in [0.25, 0.3) is 0 Å². The highest BCUT2D eigenvalue weighted by molar-refractivity contribution is 7.12. The summed E-state index contributed by atoms with van der Waals surface area (Å²) in [4.78, 5) is 40.0. The van der Waals surface area contributed by atoms with Crippen molar-refractivity contribution in [3.8, 4) is 0 Å². The van der Waals surface area contributed by atoms with E-state index in [9.17, 15) is 31.1 Å². The first-order valence-electron chi connectivity index (χ1n) is 11.2. The third kappa shape index (κ3) is 9.59. The summed E-state index contributed by atoms with van der Waals surface area (Å²) in [6.45, 7) is 5.11. The molecule has 1 amide bonds. The van der Waals surface area contributed by atoms with E-state index in [2.05, 4.69) is 16.0 Å². The fraction of sp³-hybridized carbons (Fsp3) is 0.478. The smallest absolute Gasteiger partial charge is 0.475 e. The number of nitrogens with zero attached hydrogens (tertiary/aromatic N) is 3. The van der Waals surface area contributed by atoms with E-state index in [1.54, 1.807) is 11.3 Å². The van der Waals surface area contributed by atoms with Crippen molar-refractivity contribution in [3.63, 3.8) is 0 Å². The number of carbonyl (C=O) groups excluding carboxylic acids is 1. The lowest BCUT2D eigenvalue weighted by atomic mass is 9.77. The van der Waals surface area contributed by atoms with Crippen LogP contribution in [0, 0.1) is 5.41 Å². The fourth-order valence-electron chi connectivity index (χ4n) is 4.06. The average molecular weight is 570 g/mol. The summed E-state index contributed by atoms with van der Waals surface area (Å²) in [6.07, 6.45) is -2.85. The van der Waals surface area contributed by atoms with Gasteiger partial charge in [-0.25, -0.2) is 9.59 Å². The number of carboxylic acids is 2. The Morgan fingerprint density at radius 2 is 1.47 bits per heavy atom. The van der Waals surface area contributed by atoms with E-state index in [0.29, 0.717) is 5.41 Å². The van der Waals surface area contributed by atoms with Crippen LogP contribution in [0.3, 0.4) is 0 Å². The van der Waals surface area contributed by atoms with Gasteiger partial charge in [-0.2, -0.15) is 26.3 Å². The van der Waals surface area contributed by atoms with E-state index in [0.717, 1.165) is 50.4 Å². The highest BCUT2D eigenvalue weighted by Gasteiger charge is 2.41. The Hall–Kier alpha value is -3.20. The number of aliphatic carboxylic acids is 2. The van der Waals surface area contributed by atoms with E-state index >= 15 is 0 Å². The van der Waals surface area contributed by atoms with Gasteiger partial charge in [0.2, 0.25) is 0 Å². The van der Waals surface area contributed by atoms with Gasteiger partial charge in [-0.3, -0.25) is 14.7 Å². The Labute approximate surface area is 217 Å². The van der Waals surface area contributed by atoms with Gasteiger partial charge in [-0.1, -0.05) is 12.1 Å². The van der Waals surface area contributed by atoms with Crippen molar-refractivity contribution >= 4 is 29.2 Å². The fourth-order valence-corrected chi connectivity index (χ4v) is 4.75. The van der Waals surface area contributed by atoms with Crippen LogP contribution in [0.4, 0.5) is 26.3 Å². The zero-order chi connectivity index (χ0) is 28.6. The SMILES string of the molecule is O=C(O)C(F)(F)F.O=C(O)C(F)(F)F.O=C(c1cccs1)N1CCC2(CCN(Cc3cccnc3)C2)CC1. The molecule has 2 N–H and O–H groups in total. The molecule has 0 unspecified atom stereocenters. The van der Waals surface area contributed by atoms with Gasteiger partial charge in [0.15, 0.2) is 0 Å². The number of amides is 1. The summed E-state index contributed by atoms with van der Waals surface area (Å²) in [5.41, 5.74) is 1.70. The number of thiophene rings is 1. The molecule has 0 radical (unpaired) electrons. The molecule has 210 valence electrons. The third-order valence-corrected chi connectivity index (χ3v) is 6.83. The molecule has 4 heterocycles. The van der Waals surface area contributed by atoms with Gasteiger partial charge >= 0.3 is 24.3 Å².